The topological polar surface area (TPSA) is 64.7 Å². The van der Waals surface area contributed by atoms with Crippen LogP contribution in [0.2, 0.25) is 0 Å². The summed E-state index contributed by atoms with van der Waals surface area (Å²) in [5, 5.41) is 11.2. The summed E-state index contributed by atoms with van der Waals surface area (Å²) in [4.78, 5) is 11.8. The van der Waals surface area contributed by atoms with E-state index in [0.717, 1.165) is 4.47 Å². The van der Waals surface area contributed by atoms with Crippen LogP contribution in [0.4, 0.5) is 0 Å². The zero-order valence-corrected chi connectivity index (χ0v) is 12.5. The Morgan fingerprint density at radius 1 is 1.47 bits per heavy atom. The van der Waals surface area contributed by atoms with Crippen LogP contribution in [0, 0.1) is 5.92 Å². The number of amides is 1. The molecule has 0 fully saturated rings. The Kier molecular flexibility index (Phi) is 4.36. The number of carbonyl (C=O) groups is 1. The Morgan fingerprint density at radius 2 is 2.26 bits per heavy atom. The third-order valence-corrected chi connectivity index (χ3v) is 2.85. The fourth-order valence-corrected chi connectivity index (χ4v) is 1.84. The molecule has 0 saturated heterocycles. The molecule has 0 radical (unpaired) electrons. The van der Waals surface area contributed by atoms with Gasteiger partial charge in [0.2, 0.25) is 0 Å². The highest BCUT2D eigenvalue weighted by Gasteiger charge is 2.09. The van der Waals surface area contributed by atoms with E-state index in [1.54, 1.807) is 27.8 Å². The molecule has 0 aliphatic heterocycles. The molecular formula is C12H16BrN5O. The molecule has 0 atom stereocenters. The van der Waals surface area contributed by atoms with E-state index in [0.29, 0.717) is 24.8 Å². The van der Waals surface area contributed by atoms with Gasteiger partial charge in [-0.3, -0.25) is 9.48 Å². The number of nitrogens with one attached hydrogen (secondary N) is 1. The zero-order chi connectivity index (χ0) is 13.8. The van der Waals surface area contributed by atoms with Gasteiger partial charge in [0, 0.05) is 18.9 Å². The normalized spacial score (nSPS) is 10.9. The number of rotatable bonds is 5. The van der Waals surface area contributed by atoms with Crippen molar-refractivity contribution in [3.8, 4) is 0 Å². The highest BCUT2D eigenvalue weighted by molar-refractivity contribution is 9.10. The van der Waals surface area contributed by atoms with Gasteiger partial charge in [0.15, 0.2) is 0 Å². The molecule has 2 heterocycles. The first-order chi connectivity index (χ1) is 9.04. The molecule has 0 spiro atoms. The van der Waals surface area contributed by atoms with Gasteiger partial charge in [-0.25, -0.2) is 4.68 Å². The van der Waals surface area contributed by atoms with E-state index in [2.05, 4.69) is 45.3 Å². The van der Waals surface area contributed by atoms with Crippen molar-refractivity contribution in [3.63, 3.8) is 0 Å². The first kappa shape index (κ1) is 13.8. The van der Waals surface area contributed by atoms with Crippen LogP contribution in [0.15, 0.2) is 29.1 Å². The van der Waals surface area contributed by atoms with Crippen LogP contribution in [0.1, 0.15) is 24.3 Å². The minimum absolute atomic E-state index is 0.144. The van der Waals surface area contributed by atoms with Crippen molar-refractivity contribution in [3.05, 3.63) is 34.8 Å². The quantitative estimate of drug-likeness (QED) is 0.910. The summed E-state index contributed by atoms with van der Waals surface area (Å²) in [6, 6.07) is 1.70. The van der Waals surface area contributed by atoms with Gasteiger partial charge in [-0.2, -0.15) is 10.2 Å². The summed E-state index contributed by atoms with van der Waals surface area (Å²) in [6.07, 6.45) is 5.32. The highest BCUT2D eigenvalue weighted by Crippen LogP contribution is 2.06. The number of halogens is 1. The molecule has 2 aromatic rings. The number of hydrogen-bond acceptors (Lipinski definition) is 3. The van der Waals surface area contributed by atoms with Crippen molar-refractivity contribution in [1.82, 2.24) is 24.9 Å². The molecule has 0 aliphatic rings. The minimum Gasteiger partial charge on any atom is -0.350 e. The number of aromatic nitrogens is 4. The van der Waals surface area contributed by atoms with Gasteiger partial charge in [-0.1, -0.05) is 13.8 Å². The summed E-state index contributed by atoms with van der Waals surface area (Å²) in [5.74, 6) is 0.279. The predicted octanol–water partition coefficient (Wildman–Crippen LogP) is 1.73. The van der Waals surface area contributed by atoms with Gasteiger partial charge in [0.1, 0.15) is 12.4 Å². The third kappa shape index (κ3) is 3.92. The first-order valence-corrected chi connectivity index (χ1v) is 6.83. The molecule has 7 heteroatoms. The summed E-state index contributed by atoms with van der Waals surface area (Å²) in [7, 11) is 0. The molecule has 1 amide bonds. The Morgan fingerprint density at radius 3 is 2.89 bits per heavy atom. The van der Waals surface area contributed by atoms with Gasteiger partial charge in [-0.05, 0) is 27.9 Å². The predicted molar refractivity (Wildman–Crippen MR) is 74.7 cm³/mol. The fourth-order valence-electron chi connectivity index (χ4n) is 1.51. The number of carbonyl (C=O) groups excluding carboxylic acids is 1. The summed E-state index contributed by atoms with van der Waals surface area (Å²) in [6.45, 7) is 5.23. The van der Waals surface area contributed by atoms with Gasteiger partial charge in [0.25, 0.3) is 5.91 Å². The van der Waals surface area contributed by atoms with E-state index in [4.69, 9.17) is 0 Å². The average Bonchev–Trinajstić information content (AvgIpc) is 2.96. The lowest BCUT2D eigenvalue weighted by molar-refractivity contribution is 0.0943. The molecule has 6 nitrogen and oxygen atoms in total. The van der Waals surface area contributed by atoms with Crippen LogP contribution in [0.3, 0.4) is 0 Å². The van der Waals surface area contributed by atoms with Gasteiger partial charge in [-0.15, -0.1) is 0 Å². The number of hydrogen-bond donors (Lipinski definition) is 1. The Hall–Kier alpha value is -1.63. The molecule has 0 unspecified atom stereocenters. The second kappa shape index (κ2) is 6.01. The molecule has 0 saturated carbocycles. The smallest absolute Gasteiger partial charge is 0.271 e. The highest BCUT2D eigenvalue weighted by atomic mass is 79.9. The fraction of sp³-hybridized carbons (Fsp3) is 0.417. The molecule has 0 bridgehead atoms. The summed E-state index contributed by atoms with van der Waals surface area (Å²) < 4.78 is 4.31. The zero-order valence-electron chi connectivity index (χ0n) is 10.9. The van der Waals surface area contributed by atoms with E-state index in [9.17, 15) is 4.79 Å². The van der Waals surface area contributed by atoms with Crippen molar-refractivity contribution >= 4 is 21.8 Å². The molecular weight excluding hydrogens is 310 g/mol. The SMILES string of the molecule is CC(C)CNC(=O)c1ccn(Cn2cc(Br)cn2)n1. The van der Waals surface area contributed by atoms with Crippen LogP contribution < -0.4 is 5.32 Å². The summed E-state index contributed by atoms with van der Waals surface area (Å²) in [5.41, 5.74) is 0.423. The van der Waals surface area contributed by atoms with Crippen molar-refractivity contribution in [2.24, 2.45) is 5.92 Å². The monoisotopic (exact) mass is 325 g/mol. The van der Waals surface area contributed by atoms with Crippen LogP contribution in [-0.4, -0.2) is 32.0 Å². The van der Waals surface area contributed by atoms with Gasteiger partial charge < -0.3 is 5.32 Å². The molecule has 2 aromatic heterocycles. The number of nitrogens with zero attached hydrogens (tertiary/aromatic N) is 4. The lowest BCUT2D eigenvalue weighted by Crippen LogP contribution is -2.27. The second-order valence-corrected chi connectivity index (χ2v) is 5.60. The van der Waals surface area contributed by atoms with Crippen molar-refractivity contribution in [1.29, 1.82) is 0 Å². The molecule has 2 rings (SSSR count). The first-order valence-electron chi connectivity index (χ1n) is 6.04. The van der Waals surface area contributed by atoms with E-state index in [-0.39, 0.29) is 5.91 Å². The molecule has 0 aliphatic carbocycles. The maximum Gasteiger partial charge on any atom is 0.271 e. The van der Waals surface area contributed by atoms with Crippen molar-refractivity contribution < 1.29 is 4.79 Å². The van der Waals surface area contributed by atoms with Crippen LogP contribution in [0.5, 0.6) is 0 Å². The Balaban J connectivity index is 1.96. The Bertz CT molecular complexity index is 560. The van der Waals surface area contributed by atoms with Crippen LogP contribution in [-0.2, 0) is 6.67 Å². The third-order valence-electron chi connectivity index (χ3n) is 2.44. The van der Waals surface area contributed by atoms with E-state index in [1.807, 2.05) is 6.20 Å². The largest absolute Gasteiger partial charge is 0.350 e. The maximum atomic E-state index is 11.8. The standard InChI is InChI=1S/C12H16BrN5O/c1-9(2)5-14-12(19)11-3-4-17(16-11)8-18-7-10(13)6-15-18/h3-4,6-7,9H,5,8H2,1-2H3,(H,14,19). The van der Waals surface area contributed by atoms with E-state index < -0.39 is 0 Å². The van der Waals surface area contributed by atoms with Crippen LogP contribution in [0.25, 0.3) is 0 Å². The summed E-state index contributed by atoms with van der Waals surface area (Å²) >= 11 is 3.33. The molecule has 102 valence electrons. The maximum absolute atomic E-state index is 11.8. The van der Waals surface area contributed by atoms with E-state index >= 15 is 0 Å². The van der Waals surface area contributed by atoms with Crippen molar-refractivity contribution in [2.75, 3.05) is 6.54 Å². The lowest BCUT2D eigenvalue weighted by atomic mass is 10.2. The van der Waals surface area contributed by atoms with E-state index in [1.165, 1.54) is 0 Å². The van der Waals surface area contributed by atoms with Gasteiger partial charge >= 0.3 is 0 Å². The molecule has 0 aromatic carbocycles. The molecule has 19 heavy (non-hydrogen) atoms. The minimum atomic E-state index is -0.144. The van der Waals surface area contributed by atoms with Crippen molar-refractivity contribution in [2.45, 2.75) is 20.5 Å². The Labute approximate surface area is 119 Å². The second-order valence-electron chi connectivity index (χ2n) is 4.68. The lowest BCUT2D eigenvalue weighted by Gasteiger charge is -2.05. The molecule has 1 N–H and O–H groups in total. The average molecular weight is 326 g/mol. The van der Waals surface area contributed by atoms with Gasteiger partial charge in [0.05, 0.1) is 10.7 Å². The van der Waals surface area contributed by atoms with Crippen LogP contribution >= 0.6 is 15.9 Å².